The molecule has 3 atom stereocenters. The third-order valence-electron chi connectivity index (χ3n) is 5.33. The number of nitrogens with zero attached hydrogens (tertiary/aromatic N) is 2. The lowest BCUT2D eigenvalue weighted by molar-refractivity contribution is -0.157. The van der Waals surface area contributed by atoms with Gasteiger partial charge in [-0.3, -0.25) is 9.69 Å². The zero-order chi connectivity index (χ0) is 21.3. The van der Waals surface area contributed by atoms with Gasteiger partial charge in [-0.25, -0.2) is 4.79 Å². The van der Waals surface area contributed by atoms with Gasteiger partial charge in [0.15, 0.2) is 14.0 Å². The van der Waals surface area contributed by atoms with Crippen LogP contribution in [0.1, 0.15) is 27.7 Å². The molecule has 1 amide bonds. The molecule has 0 radical (unpaired) electrons. The van der Waals surface area contributed by atoms with Crippen LogP contribution < -0.4 is 0 Å². The van der Waals surface area contributed by atoms with E-state index in [-0.39, 0.29) is 46.4 Å². The predicted octanol–water partition coefficient (Wildman–Crippen LogP) is 4.08. The highest BCUT2D eigenvalue weighted by Gasteiger charge is 2.59. The third kappa shape index (κ3) is 4.35. The molecule has 2 aliphatic heterocycles. The summed E-state index contributed by atoms with van der Waals surface area (Å²) >= 11 is 2.71. The number of amides is 1. The fraction of sp³-hybridized carbons (Fsp3) is 0.632. The van der Waals surface area contributed by atoms with Crippen molar-refractivity contribution in [1.82, 2.24) is 4.90 Å². The molecule has 1 fully saturated rings. The average Bonchev–Trinajstić information content (AvgIpc) is 2.90. The molecule has 6 nitrogen and oxygen atoms in total. The fourth-order valence-electron chi connectivity index (χ4n) is 2.85. The molecular weight excluding hydrogens is 412 g/mol. The second-order valence-electron chi connectivity index (χ2n) is 8.30. The van der Waals surface area contributed by atoms with Gasteiger partial charge in [0.2, 0.25) is 5.91 Å². The lowest BCUT2D eigenvalue weighted by Crippen LogP contribution is -2.62. The van der Waals surface area contributed by atoms with Crippen LogP contribution in [0.4, 0.5) is 0 Å². The molecule has 0 aliphatic carbocycles. The van der Waals surface area contributed by atoms with Gasteiger partial charge in [0.05, 0.1) is 28.1 Å². The van der Waals surface area contributed by atoms with Gasteiger partial charge in [0, 0.05) is 0 Å². The number of β-lactam (4-membered cyclic amide) rings is 1. The minimum atomic E-state index is -2.03. The number of carbonyl (C=O) groups excluding carboxylic acids is 2. The summed E-state index contributed by atoms with van der Waals surface area (Å²) in [6.45, 7) is 16.4. The topological polar surface area (TPSA) is 79.6 Å². The first kappa shape index (κ1) is 23.1. The first-order valence-electron chi connectivity index (χ1n) is 9.16. The Kier molecular flexibility index (Phi) is 7.13. The van der Waals surface area contributed by atoms with Crippen LogP contribution >= 0.6 is 23.5 Å². The third-order valence-corrected chi connectivity index (χ3v) is 12.4. The molecule has 0 N–H and O–H groups in total. The number of carbonyl (C=O) groups is 2. The fourth-order valence-corrected chi connectivity index (χ4v) is 6.85. The normalized spacial score (nSPS) is 23.0. The van der Waals surface area contributed by atoms with E-state index in [9.17, 15) is 9.59 Å². The highest BCUT2D eigenvalue weighted by Crippen LogP contribution is 2.54. The van der Waals surface area contributed by atoms with Crippen molar-refractivity contribution in [3.8, 4) is 6.07 Å². The summed E-state index contributed by atoms with van der Waals surface area (Å²) in [5.41, 5.74) is 0.248. The number of nitriles is 1. The van der Waals surface area contributed by atoms with Crippen molar-refractivity contribution < 1.29 is 18.8 Å². The molecular formula is C19H28N2O4S2Si. The smallest absolute Gasteiger partial charge is 0.357 e. The number of hydrogen-bond donors (Lipinski definition) is 0. The van der Waals surface area contributed by atoms with Gasteiger partial charge in [0.25, 0.3) is 0 Å². The second kappa shape index (κ2) is 8.65. The largest absolute Gasteiger partial charge is 0.457 e. The van der Waals surface area contributed by atoms with Crippen molar-refractivity contribution in [1.29, 1.82) is 5.26 Å². The number of hydrogen-bond acceptors (Lipinski definition) is 7. The zero-order valence-corrected chi connectivity index (χ0v) is 19.9. The first-order chi connectivity index (χ1) is 13.0. The summed E-state index contributed by atoms with van der Waals surface area (Å²) in [7, 11) is -2.03. The molecule has 0 bridgehead atoms. The molecule has 0 saturated carbocycles. The van der Waals surface area contributed by atoms with Crippen LogP contribution in [0.3, 0.4) is 0 Å². The minimum Gasteiger partial charge on any atom is -0.457 e. The van der Waals surface area contributed by atoms with E-state index in [0.29, 0.717) is 4.24 Å². The predicted molar refractivity (Wildman–Crippen MR) is 116 cm³/mol. The lowest BCUT2D eigenvalue weighted by atomic mass is 9.92. The van der Waals surface area contributed by atoms with E-state index in [2.05, 4.69) is 46.5 Å². The van der Waals surface area contributed by atoms with Crippen molar-refractivity contribution in [2.24, 2.45) is 5.92 Å². The maximum atomic E-state index is 12.9. The molecule has 0 aromatic carbocycles. The Morgan fingerprint density at radius 1 is 1.50 bits per heavy atom. The van der Waals surface area contributed by atoms with Gasteiger partial charge in [-0.1, -0.05) is 45.2 Å². The van der Waals surface area contributed by atoms with E-state index in [4.69, 9.17) is 14.4 Å². The quantitative estimate of drug-likeness (QED) is 0.243. The molecule has 2 heterocycles. The van der Waals surface area contributed by atoms with Crippen LogP contribution in [0.25, 0.3) is 0 Å². The van der Waals surface area contributed by atoms with Crippen LogP contribution in [-0.4, -0.2) is 48.9 Å². The average molecular weight is 441 g/mol. The van der Waals surface area contributed by atoms with Crippen LogP contribution in [-0.2, 0) is 18.8 Å². The highest BCUT2D eigenvalue weighted by molar-refractivity contribution is 8.22. The number of esters is 1. The van der Waals surface area contributed by atoms with Crippen molar-refractivity contribution in [3.63, 3.8) is 0 Å². The summed E-state index contributed by atoms with van der Waals surface area (Å²) < 4.78 is 12.3. The van der Waals surface area contributed by atoms with E-state index < -0.39 is 14.3 Å². The van der Waals surface area contributed by atoms with Gasteiger partial charge in [-0.05, 0) is 25.1 Å². The lowest BCUT2D eigenvalue weighted by Gasteiger charge is -2.48. The molecule has 0 aromatic rings. The van der Waals surface area contributed by atoms with Crippen molar-refractivity contribution in [2.45, 2.75) is 57.3 Å². The monoisotopic (exact) mass is 440 g/mol. The van der Waals surface area contributed by atoms with Gasteiger partial charge in [-0.15, -0.1) is 11.8 Å². The number of thioether (sulfide) groups is 2. The van der Waals surface area contributed by atoms with E-state index in [1.807, 2.05) is 6.92 Å². The van der Waals surface area contributed by atoms with Gasteiger partial charge < -0.3 is 9.16 Å². The van der Waals surface area contributed by atoms with E-state index >= 15 is 0 Å². The first-order valence-corrected chi connectivity index (χ1v) is 13.9. The maximum absolute atomic E-state index is 12.9. The minimum absolute atomic E-state index is 0.0439. The zero-order valence-electron chi connectivity index (χ0n) is 17.3. The Hall–Kier alpha value is -1.21. The van der Waals surface area contributed by atoms with Gasteiger partial charge >= 0.3 is 5.97 Å². The van der Waals surface area contributed by atoms with Crippen LogP contribution in [0.5, 0.6) is 0 Å². The summed E-state index contributed by atoms with van der Waals surface area (Å²) in [6.07, 6.45) is 1.24. The molecule has 0 unspecified atom stereocenters. The van der Waals surface area contributed by atoms with Gasteiger partial charge in [-0.2, -0.15) is 5.26 Å². The Labute approximate surface area is 176 Å². The summed E-state index contributed by atoms with van der Waals surface area (Å²) in [6, 6.07) is 2.06. The standard InChI is InChI=1S/C19H28N2O4S2Si/c1-8-10-24-17(23)14-18(26-11-9-20)27-16-13(15(22)21(14)16)12(2)25-28(6,7)19(3,4)5/h8,12-13,16H,1,10-11H2,2-7H3/t12-,13+,16-/m1/s1. The molecule has 0 aromatic heterocycles. The molecule has 0 spiro atoms. The van der Waals surface area contributed by atoms with Crippen LogP contribution in [0.2, 0.25) is 18.1 Å². The molecule has 2 aliphatic rings. The molecule has 28 heavy (non-hydrogen) atoms. The van der Waals surface area contributed by atoms with E-state index in [0.717, 1.165) is 0 Å². The van der Waals surface area contributed by atoms with Crippen LogP contribution in [0.15, 0.2) is 22.6 Å². The number of ether oxygens (including phenoxy) is 1. The number of fused-ring (bicyclic) bond motifs is 1. The summed E-state index contributed by atoms with van der Waals surface area (Å²) in [5, 5.41) is 8.76. The summed E-state index contributed by atoms with van der Waals surface area (Å²) in [4.78, 5) is 26.9. The number of rotatable bonds is 8. The van der Waals surface area contributed by atoms with Gasteiger partial charge in [0.1, 0.15) is 12.0 Å². The Morgan fingerprint density at radius 3 is 2.68 bits per heavy atom. The maximum Gasteiger partial charge on any atom is 0.357 e. The van der Waals surface area contributed by atoms with E-state index in [1.54, 1.807) is 0 Å². The van der Waals surface area contributed by atoms with Crippen molar-refractivity contribution in [3.05, 3.63) is 22.6 Å². The van der Waals surface area contributed by atoms with E-state index in [1.165, 1.54) is 34.5 Å². The Morgan fingerprint density at radius 2 is 2.14 bits per heavy atom. The molecule has 9 heteroatoms. The SMILES string of the molecule is C=CCOC(=O)C1=C(SCC#N)S[C@@H]2[C@@H]([C@@H](C)O[Si](C)(C)C(C)(C)C)C(=O)N12. The van der Waals surface area contributed by atoms with Crippen LogP contribution in [0, 0.1) is 17.2 Å². The molecule has 154 valence electrons. The molecule has 2 rings (SSSR count). The summed E-state index contributed by atoms with van der Waals surface area (Å²) in [5.74, 6) is -0.792. The van der Waals surface area contributed by atoms with Crippen molar-refractivity contribution in [2.75, 3.05) is 12.4 Å². The Bertz CT molecular complexity index is 739. The van der Waals surface area contributed by atoms with Crippen molar-refractivity contribution >= 4 is 43.7 Å². The molecule has 1 saturated heterocycles. The Balaban J connectivity index is 2.19. The second-order valence-corrected chi connectivity index (χ2v) is 15.4. The highest BCUT2D eigenvalue weighted by atomic mass is 32.2.